The zero-order chi connectivity index (χ0) is 19.9. The second kappa shape index (κ2) is 9.43. The number of rotatable bonds is 6. The Morgan fingerprint density at radius 2 is 2.00 bits per heavy atom. The van der Waals surface area contributed by atoms with Gasteiger partial charge in [0.1, 0.15) is 11.6 Å². The number of ether oxygens (including phenoxy) is 1. The highest BCUT2D eigenvalue weighted by Crippen LogP contribution is 2.22. The maximum absolute atomic E-state index is 13.6. The number of aliphatic hydroxyl groups excluding tert-OH is 1. The van der Waals surface area contributed by atoms with Gasteiger partial charge in [0.25, 0.3) is 0 Å². The minimum Gasteiger partial charge on any atom is -0.394 e. The zero-order valence-electron chi connectivity index (χ0n) is 15.3. The van der Waals surface area contributed by atoms with Crippen LogP contribution < -0.4 is 10.2 Å². The van der Waals surface area contributed by atoms with Gasteiger partial charge in [-0.05, 0) is 35.9 Å². The van der Waals surface area contributed by atoms with Crippen molar-refractivity contribution >= 4 is 17.7 Å². The molecule has 5 nitrogen and oxygen atoms in total. The second-order valence-corrected chi connectivity index (χ2v) is 6.44. The first-order valence-electron chi connectivity index (χ1n) is 9.04. The molecule has 1 unspecified atom stereocenters. The van der Waals surface area contributed by atoms with Gasteiger partial charge in [0.15, 0.2) is 0 Å². The third kappa shape index (κ3) is 5.15. The summed E-state index contributed by atoms with van der Waals surface area (Å²) in [6.07, 6.45) is 2.42. The van der Waals surface area contributed by atoms with Gasteiger partial charge in [0.2, 0.25) is 5.91 Å². The minimum atomic E-state index is -0.749. The molecule has 1 aliphatic rings. The molecule has 2 aromatic rings. The molecule has 1 fully saturated rings. The number of benzene rings is 2. The van der Waals surface area contributed by atoms with Gasteiger partial charge in [-0.1, -0.05) is 12.1 Å². The van der Waals surface area contributed by atoms with Crippen molar-refractivity contribution in [1.29, 1.82) is 0 Å². The lowest BCUT2D eigenvalue weighted by molar-refractivity contribution is -0.117. The first kappa shape index (κ1) is 20.0. The average molecular weight is 388 g/mol. The SMILES string of the molecule is O=C(/C=C/c1ccc(F)cc1F)NC(CO)c1cccc(N2CCOCC2)c1. The van der Waals surface area contributed by atoms with E-state index in [2.05, 4.69) is 10.2 Å². The molecule has 0 saturated carbocycles. The molecule has 7 heteroatoms. The maximum atomic E-state index is 13.6. The van der Waals surface area contributed by atoms with Crippen molar-refractivity contribution in [3.8, 4) is 0 Å². The Hall–Kier alpha value is -2.77. The standard InChI is InChI=1S/C21H22F2N2O3/c22-17-6-4-15(19(23)13-17)5-7-21(27)24-20(14-26)16-2-1-3-18(12-16)25-8-10-28-11-9-25/h1-7,12-13,20,26H,8-11,14H2,(H,24,27)/b7-5+. The van der Waals surface area contributed by atoms with Gasteiger partial charge in [0, 0.05) is 36.5 Å². The lowest BCUT2D eigenvalue weighted by Gasteiger charge is -2.29. The number of hydrogen-bond donors (Lipinski definition) is 2. The fourth-order valence-electron chi connectivity index (χ4n) is 3.02. The van der Waals surface area contributed by atoms with E-state index in [9.17, 15) is 18.7 Å². The second-order valence-electron chi connectivity index (χ2n) is 6.44. The van der Waals surface area contributed by atoms with E-state index >= 15 is 0 Å². The minimum absolute atomic E-state index is 0.103. The van der Waals surface area contributed by atoms with E-state index in [1.54, 1.807) is 0 Å². The van der Waals surface area contributed by atoms with Crippen molar-refractivity contribution in [3.63, 3.8) is 0 Å². The fraction of sp³-hybridized carbons (Fsp3) is 0.286. The molecular formula is C21H22F2N2O3. The monoisotopic (exact) mass is 388 g/mol. The van der Waals surface area contributed by atoms with Crippen LogP contribution in [0.2, 0.25) is 0 Å². The molecule has 1 aliphatic heterocycles. The Bertz CT molecular complexity index is 851. The van der Waals surface area contributed by atoms with Crippen LogP contribution in [-0.2, 0) is 9.53 Å². The number of carbonyl (C=O) groups excluding carboxylic acids is 1. The van der Waals surface area contributed by atoms with Crippen LogP contribution in [0.4, 0.5) is 14.5 Å². The van der Waals surface area contributed by atoms with Crippen LogP contribution in [0.15, 0.2) is 48.5 Å². The first-order chi connectivity index (χ1) is 13.6. The van der Waals surface area contributed by atoms with Crippen molar-refractivity contribution in [1.82, 2.24) is 5.32 Å². The van der Waals surface area contributed by atoms with Gasteiger partial charge in [-0.3, -0.25) is 4.79 Å². The highest BCUT2D eigenvalue weighted by molar-refractivity contribution is 5.92. The van der Waals surface area contributed by atoms with Gasteiger partial charge in [-0.25, -0.2) is 8.78 Å². The third-order valence-electron chi connectivity index (χ3n) is 4.52. The van der Waals surface area contributed by atoms with E-state index in [-0.39, 0.29) is 12.2 Å². The summed E-state index contributed by atoms with van der Waals surface area (Å²) in [4.78, 5) is 14.4. The molecule has 0 radical (unpaired) electrons. The van der Waals surface area contributed by atoms with Gasteiger partial charge in [-0.2, -0.15) is 0 Å². The summed E-state index contributed by atoms with van der Waals surface area (Å²) in [6, 6.07) is 10.1. The highest BCUT2D eigenvalue weighted by Gasteiger charge is 2.16. The van der Waals surface area contributed by atoms with Gasteiger partial charge >= 0.3 is 0 Å². The number of anilines is 1. The number of nitrogens with one attached hydrogen (secondary N) is 1. The third-order valence-corrected chi connectivity index (χ3v) is 4.52. The summed E-state index contributed by atoms with van der Waals surface area (Å²) in [7, 11) is 0. The number of hydrogen-bond acceptors (Lipinski definition) is 4. The van der Waals surface area contributed by atoms with Crippen LogP contribution in [-0.4, -0.2) is 43.9 Å². The molecule has 1 saturated heterocycles. The van der Waals surface area contributed by atoms with Gasteiger partial charge < -0.3 is 20.1 Å². The number of aliphatic hydroxyl groups is 1. The van der Waals surface area contributed by atoms with Crippen LogP contribution >= 0.6 is 0 Å². The zero-order valence-corrected chi connectivity index (χ0v) is 15.3. The van der Waals surface area contributed by atoms with Crippen LogP contribution in [0, 0.1) is 11.6 Å². The molecule has 0 spiro atoms. The predicted molar refractivity (Wildman–Crippen MR) is 103 cm³/mol. The Kier molecular flexibility index (Phi) is 6.73. The Morgan fingerprint density at radius 3 is 2.71 bits per heavy atom. The molecule has 1 heterocycles. The Morgan fingerprint density at radius 1 is 1.21 bits per heavy atom. The van der Waals surface area contributed by atoms with Crippen LogP contribution in [0.25, 0.3) is 6.08 Å². The van der Waals surface area contributed by atoms with E-state index < -0.39 is 23.6 Å². The van der Waals surface area contributed by atoms with Crippen molar-refractivity contribution in [2.45, 2.75) is 6.04 Å². The molecule has 148 valence electrons. The summed E-state index contributed by atoms with van der Waals surface area (Å²) < 4.78 is 31.9. The molecule has 0 aromatic heterocycles. The lowest BCUT2D eigenvalue weighted by Crippen LogP contribution is -2.36. The van der Waals surface area contributed by atoms with Crippen LogP contribution in [0.3, 0.4) is 0 Å². The molecule has 0 bridgehead atoms. The summed E-state index contributed by atoms with van der Waals surface area (Å²) in [6.45, 7) is 2.61. The summed E-state index contributed by atoms with van der Waals surface area (Å²) in [5, 5.41) is 12.4. The van der Waals surface area contributed by atoms with Crippen molar-refractivity contribution in [2.24, 2.45) is 0 Å². The lowest BCUT2D eigenvalue weighted by atomic mass is 10.1. The van der Waals surface area contributed by atoms with Crippen LogP contribution in [0.5, 0.6) is 0 Å². The predicted octanol–water partition coefficient (Wildman–Crippen LogP) is 2.66. The van der Waals surface area contributed by atoms with E-state index in [1.807, 2.05) is 24.3 Å². The molecule has 2 N–H and O–H groups in total. The van der Waals surface area contributed by atoms with E-state index in [0.29, 0.717) is 13.2 Å². The molecule has 1 atom stereocenters. The first-order valence-corrected chi connectivity index (χ1v) is 9.04. The summed E-state index contributed by atoms with van der Waals surface area (Å²) in [5.41, 5.74) is 1.87. The summed E-state index contributed by atoms with van der Waals surface area (Å²) in [5.74, 6) is -1.92. The number of nitrogens with zero attached hydrogens (tertiary/aromatic N) is 1. The van der Waals surface area contributed by atoms with Gasteiger partial charge in [-0.15, -0.1) is 0 Å². The van der Waals surface area contributed by atoms with E-state index in [0.717, 1.165) is 42.5 Å². The smallest absolute Gasteiger partial charge is 0.244 e. The Labute approximate surface area is 162 Å². The van der Waals surface area contributed by atoms with E-state index in [4.69, 9.17) is 4.74 Å². The molecule has 1 amide bonds. The largest absolute Gasteiger partial charge is 0.394 e. The summed E-state index contributed by atoms with van der Waals surface area (Å²) >= 11 is 0. The number of halogens is 2. The quantitative estimate of drug-likeness (QED) is 0.747. The topological polar surface area (TPSA) is 61.8 Å². The van der Waals surface area contributed by atoms with Crippen molar-refractivity contribution in [2.75, 3.05) is 37.8 Å². The Balaban J connectivity index is 1.67. The number of morpholine rings is 1. The van der Waals surface area contributed by atoms with Crippen LogP contribution in [0.1, 0.15) is 17.2 Å². The van der Waals surface area contributed by atoms with Gasteiger partial charge in [0.05, 0.1) is 25.9 Å². The molecular weight excluding hydrogens is 366 g/mol. The normalized spacial score (nSPS) is 15.6. The molecule has 0 aliphatic carbocycles. The van der Waals surface area contributed by atoms with E-state index in [1.165, 1.54) is 12.1 Å². The number of carbonyl (C=O) groups is 1. The number of amides is 1. The maximum Gasteiger partial charge on any atom is 0.244 e. The molecule has 2 aromatic carbocycles. The van der Waals surface area contributed by atoms with Crippen molar-refractivity contribution in [3.05, 3.63) is 71.3 Å². The highest BCUT2D eigenvalue weighted by atomic mass is 19.1. The van der Waals surface area contributed by atoms with Crippen molar-refractivity contribution < 1.29 is 23.4 Å². The average Bonchev–Trinajstić information content (AvgIpc) is 2.72. The molecule has 28 heavy (non-hydrogen) atoms. The fourth-order valence-corrected chi connectivity index (χ4v) is 3.02. The molecule has 3 rings (SSSR count).